The number of ether oxygens (including phenoxy) is 3. The van der Waals surface area contributed by atoms with Gasteiger partial charge >= 0.3 is 0 Å². The lowest BCUT2D eigenvalue weighted by Gasteiger charge is -2.20. The van der Waals surface area contributed by atoms with Gasteiger partial charge in [0.25, 0.3) is 5.91 Å². The standard InChI is InChI=1S/C19H22ClNO4/c1-12(14-9-10-17(23-3)18(11-14)24-4)21-19(22)13(2)25-16-8-6-5-7-15(16)20/h5-13H,1-4H3,(H,21,22)/t12-,13+/m0/s1. The number of hydrogen-bond acceptors (Lipinski definition) is 4. The van der Waals surface area contributed by atoms with Crippen LogP contribution in [0.15, 0.2) is 42.5 Å². The van der Waals surface area contributed by atoms with Gasteiger partial charge in [-0.05, 0) is 43.7 Å². The average molecular weight is 364 g/mol. The summed E-state index contributed by atoms with van der Waals surface area (Å²) in [7, 11) is 3.15. The molecule has 2 rings (SSSR count). The van der Waals surface area contributed by atoms with Crippen molar-refractivity contribution < 1.29 is 19.0 Å². The molecule has 0 aliphatic heterocycles. The fourth-order valence-electron chi connectivity index (χ4n) is 2.32. The highest BCUT2D eigenvalue weighted by atomic mass is 35.5. The molecule has 0 aromatic heterocycles. The number of methoxy groups -OCH3 is 2. The Kier molecular flexibility index (Phi) is 6.53. The predicted octanol–water partition coefficient (Wildman–Crippen LogP) is 4.00. The zero-order valence-corrected chi connectivity index (χ0v) is 15.5. The first-order valence-corrected chi connectivity index (χ1v) is 8.27. The van der Waals surface area contributed by atoms with Gasteiger partial charge in [0, 0.05) is 0 Å². The molecular formula is C19H22ClNO4. The molecule has 0 fully saturated rings. The third kappa shape index (κ3) is 4.79. The first-order chi connectivity index (χ1) is 12.0. The summed E-state index contributed by atoms with van der Waals surface area (Å²) in [5, 5.41) is 3.39. The molecule has 0 spiro atoms. The second-order valence-corrected chi connectivity index (χ2v) is 5.94. The quantitative estimate of drug-likeness (QED) is 0.807. The number of halogens is 1. The van der Waals surface area contributed by atoms with Crippen molar-refractivity contribution >= 4 is 17.5 Å². The van der Waals surface area contributed by atoms with Crippen molar-refractivity contribution in [2.45, 2.75) is 26.0 Å². The van der Waals surface area contributed by atoms with Crippen molar-refractivity contribution in [3.63, 3.8) is 0 Å². The van der Waals surface area contributed by atoms with Crippen molar-refractivity contribution in [1.29, 1.82) is 0 Å². The summed E-state index contributed by atoms with van der Waals surface area (Å²) in [6.45, 7) is 3.57. The molecule has 0 radical (unpaired) electrons. The van der Waals surface area contributed by atoms with Crippen LogP contribution < -0.4 is 19.5 Å². The molecule has 0 saturated carbocycles. The molecule has 2 aromatic carbocycles. The highest BCUT2D eigenvalue weighted by molar-refractivity contribution is 6.32. The number of nitrogens with one attached hydrogen (secondary N) is 1. The predicted molar refractivity (Wildman–Crippen MR) is 97.6 cm³/mol. The normalized spacial score (nSPS) is 12.8. The third-order valence-electron chi connectivity index (χ3n) is 3.78. The molecule has 0 heterocycles. The van der Waals surface area contributed by atoms with Gasteiger partial charge in [-0.1, -0.05) is 29.8 Å². The molecule has 25 heavy (non-hydrogen) atoms. The lowest BCUT2D eigenvalue weighted by molar-refractivity contribution is -0.127. The van der Waals surface area contributed by atoms with Crippen molar-refractivity contribution in [3.05, 3.63) is 53.1 Å². The smallest absolute Gasteiger partial charge is 0.261 e. The minimum atomic E-state index is -0.678. The van der Waals surface area contributed by atoms with Crippen LogP contribution in [-0.4, -0.2) is 26.2 Å². The minimum absolute atomic E-state index is 0.218. The highest BCUT2D eigenvalue weighted by Crippen LogP contribution is 2.30. The van der Waals surface area contributed by atoms with Crippen LogP contribution in [0.1, 0.15) is 25.5 Å². The monoisotopic (exact) mass is 363 g/mol. The van der Waals surface area contributed by atoms with Gasteiger partial charge in [0.2, 0.25) is 0 Å². The maximum absolute atomic E-state index is 12.4. The molecule has 0 aliphatic carbocycles. The van der Waals surface area contributed by atoms with Gasteiger partial charge in [0.1, 0.15) is 5.75 Å². The topological polar surface area (TPSA) is 56.8 Å². The van der Waals surface area contributed by atoms with E-state index in [9.17, 15) is 4.79 Å². The SMILES string of the molecule is COc1ccc([C@H](C)NC(=O)[C@@H](C)Oc2ccccc2Cl)cc1OC. The summed E-state index contributed by atoms with van der Waals surface area (Å²) < 4.78 is 16.2. The Labute approximate surface area is 152 Å². The molecule has 6 heteroatoms. The number of carbonyl (C=O) groups excluding carboxylic acids is 1. The summed E-state index contributed by atoms with van der Waals surface area (Å²) >= 11 is 6.05. The van der Waals surface area contributed by atoms with Crippen molar-refractivity contribution in [2.24, 2.45) is 0 Å². The van der Waals surface area contributed by atoms with Gasteiger partial charge in [-0.15, -0.1) is 0 Å². The minimum Gasteiger partial charge on any atom is -0.493 e. The summed E-state index contributed by atoms with van der Waals surface area (Å²) in [6, 6.07) is 12.4. The Morgan fingerprint density at radius 3 is 2.32 bits per heavy atom. The van der Waals surface area contributed by atoms with Gasteiger partial charge in [-0.25, -0.2) is 0 Å². The molecule has 5 nitrogen and oxygen atoms in total. The molecular weight excluding hydrogens is 342 g/mol. The third-order valence-corrected chi connectivity index (χ3v) is 4.09. The van der Waals surface area contributed by atoms with E-state index in [4.69, 9.17) is 25.8 Å². The maximum atomic E-state index is 12.4. The number of hydrogen-bond donors (Lipinski definition) is 1. The Bertz CT molecular complexity index is 735. The molecule has 0 unspecified atom stereocenters. The lowest BCUT2D eigenvalue weighted by atomic mass is 10.1. The van der Waals surface area contributed by atoms with Crippen LogP contribution in [0.5, 0.6) is 17.2 Å². The van der Waals surface area contributed by atoms with E-state index in [1.54, 1.807) is 51.5 Å². The van der Waals surface area contributed by atoms with Gasteiger partial charge in [-0.3, -0.25) is 4.79 Å². The molecule has 2 atom stereocenters. The van der Waals surface area contributed by atoms with E-state index in [0.717, 1.165) is 5.56 Å². The Morgan fingerprint density at radius 2 is 1.68 bits per heavy atom. The molecule has 2 aromatic rings. The molecule has 0 saturated heterocycles. The van der Waals surface area contributed by atoms with Crippen LogP contribution in [-0.2, 0) is 4.79 Å². The van der Waals surface area contributed by atoms with Crippen LogP contribution in [0, 0.1) is 0 Å². The van der Waals surface area contributed by atoms with E-state index in [-0.39, 0.29) is 11.9 Å². The van der Waals surface area contributed by atoms with E-state index in [2.05, 4.69) is 5.32 Å². The van der Waals surface area contributed by atoms with E-state index in [0.29, 0.717) is 22.3 Å². The Balaban J connectivity index is 2.03. The van der Waals surface area contributed by atoms with Crippen LogP contribution in [0.25, 0.3) is 0 Å². The number of rotatable bonds is 7. The first kappa shape index (κ1) is 18.9. The van der Waals surface area contributed by atoms with Crippen LogP contribution in [0.4, 0.5) is 0 Å². The average Bonchev–Trinajstić information content (AvgIpc) is 2.62. The van der Waals surface area contributed by atoms with Crippen LogP contribution in [0.2, 0.25) is 5.02 Å². The summed E-state index contributed by atoms with van der Waals surface area (Å²) in [5.74, 6) is 1.49. The molecule has 0 aliphatic rings. The lowest BCUT2D eigenvalue weighted by Crippen LogP contribution is -2.37. The van der Waals surface area contributed by atoms with Crippen LogP contribution >= 0.6 is 11.6 Å². The van der Waals surface area contributed by atoms with Gasteiger partial charge in [0.15, 0.2) is 17.6 Å². The van der Waals surface area contributed by atoms with E-state index >= 15 is 0 Å². The summed E-state index contributed by atoms with van der Waals surface area (Å²) in [5.41, 5.74) is 0.899. The molecule has 1 N–H and O–H groups in total. The first-order valence-electron chi connectivity index (χ1n) is 7.89. The van der Waals surface area contributed by atoms with Crippen LogP contribution in [0.3, 0.4) is 0 Å². The van der Waals surface area contributed by atoms with Gasteiger partial charge in [-0.2, -0.15) is 0 Å². The van der Waals surface area contributed by atoms with E-state index < -0.39 is 6.10 Å². The zero-order valence-electron chi connectivity index (χ0n) is 14.7. The molecule has 0 bridgehead atoms. The molecule has 134 valence electrons. The fraction of sp³-hybridized carbons (Fsp3) is 0.316. The fourth-order valence-corrected chi connectivity index (χ4v) is 2.50. The largest absolute Gasteiger partial charge is 0.493 e. The van der Waals surface area contributed by atoms with E-state index in [1.165, 1.54) is 0 Å². The van der Waals surface area contributed by atoms with Gasteiger partial charge < -0.3 is 19.5 Å². The van der Waals surface area contributed by atoms with E-state index in [1.807, 2.05) is 19.1 Å². The van der Waals surface area contributed by atoms with Crippen molar-refractivity contribution in [3.8, 4) is 17.2 Å². The van der Waals surface area contributed by atoms with Crippen molar-refractivity contribution in [2.75, 3.05) is 14.2 Å². The maximum Gasteiger partial charge on any atom is 0.261 e. The number of benzene rings is 2. The number of para-hydroxylation sites is 1. The van der Waals surface area contributed by atoms with Crippen molar-refractivity contribution in [1.82, 2.24) is 5.32 Å². The summed E-state index contributed by atoms with van der Waals surface area (Å²) in [6.07, 6.45) is -0.678. The second kappa shape index (κ2) is 8.62. The highest BCUT2D eigenvalue weighted by Gasteiger charge is 2.19. The molecule has 1 amide bonds. The Morgan fingerprint density at radius 1 is 1.00 bits per heavy atom. The summed E-state index contributed by atoms with van der Waals surface area (Å²) in [4.78, 5) is 12.4. The number of amides is 1. The zero-order chi connectivity index (χ0) is 18.4. The Hall–Kier alpha value is -2.40. The number of carbonyl (C=O) groups is 1. The second-order valence-electron chi connectivity index (χ2n) is 5.54. The van der Waals surface area contributed by atoms with Gasteiger partial charge in [0.05, 0.1) is 25.3 Å².